The molecule has 2 aromatic rings. The lowest BCUT2D eigenvalue weighted by molar-refractivity contribution is -0.148. The fraction of sp³-hybridized carbons (Fsp3) is 0.585. The molecule has 4 amide bonds. The van der Waals surface area contributed by atoms with Crippen molar-refractivity contribution in [3.8, 4) is 0 Å². The summed E-state index contributed by atoms with van der Waals surface area (Å²) in [5.74, 6) is -2.78. The van der Waals surface area contributed by atoms with E-state index in [-0.39, 0.29) is 48.3 Å². The molecule has 0 aliphatic carbocycles. The van der Waals surface area contributed by atoms with Gasteiger partial charge >= 0.3 is 5.97 Å². The van der Waals surface area contributed by atoms with Gasteiger partial charge in [-0.05, 0) is 54.5 Å². The maximum absolute atomic E-state index is 14.2. The van der Waals surface area contributed by atoms with Crippen molar-refractivity contribution in [2.24, 2.45) is 17.8 Å². The SMILES string of the molecule is CC[C@H](C)[C@@H]([C@@H](CC(=O)N1CCC[C@H]1[C@H](OC)[C@@H](C)C(=O)N[C@H](Cc1ccccc1)C(=O)OC)OC)N(C)C(=O)[C@@H](NC(=O)c1ccc(N)cc1)C(C)C. The molecule has 0 saturated carbocycles. The molecule has 298 valence electrons. The fourth-order valence-corrected chi connectivity index (χ4v) is 7.39. The van der Waals surface area contributed by atoms with Crippen molar-refractivity contribution >= 4 is 35.3 Å². The van der Waals surface area contributed by atoms with Crippen LogP contribution in [0.25, 0.3) is 0 Å². The lowest BCUT2D eigenvalue weighted by Crippen LogP contribution is -2.58. The van der Waals surface area contributed by atoms with Crippen LogP contribution >= 0.6 is 0 Å². The Kier molecular flexibility index (Phi) is 16.9. The summed E-state index contributed by atoms with van der Waals surface area (Å²) in [5.41, 5.74) is 7.58. The van der Waals surface area contributed by atoms with Crippen molar-refractivity contribution in [3.63, 3.8) is 0 Å². The molecule has 0 spiro atoms. The van der Waals surface area contributed by atoms with Gasteiger partial charge in [-0.1, -0.05) is 71.4 Å². The van der Waals surface area contributed by atoms with Gasteiger partial charge in [-0.2, -0.15) is 0 Å². The number of nitrogens with zero attached hydrogens (tertiary/aromatic N) is 2. The van der Waals surface area contributed by atoms with Crippen molar-refractivity contribution < 1.29 is 38.2 Å². The van der Waals surface area contributed by atoms with Gasteiger partial charge in [0.15, 0.2) is 0 Å². The second-order valence-corrected chi connectivity index (χ2v) is 14.7. The largest absolute Gasteiger partial charge is 0.467 e. The minimum atomic E-state index is -0.896. The van der Waals surface area contributed by atoms with Gasteiger partial charge in [-0.15, -0.1) is 0 Å². The summed E-state index contributed by atoms with van der Waals surface area (Å²) < 4.78 is 16.9. The van der Waals surface area contributed by atoms with Crippen molar-refractivity contribution in [2.75, 3.05) is 40.7 Å². The van der Waals surface area contributed by atoms with E-state index >= 15 is 0 Å². The number of methoxy groups -OCH3 is 3. The Labute approximate surface area is 320 Å². The summed E-state index contributed by atoms with van der Waals surface area (Å²) >= 11 is 0. The predicted molar refractivity (Wildman–Crippen MR) is 207 cm³/mol. The molecule has 8 atom stereocenters. The van der Waals surface area contributed by atoms with Crippen molar-refractivity contribution in [1.82, 2.24) is 20.4 Å². The van der Waals surface area contributed by atoms with Crippen molar-refractivity contribution in [1.29, 1.82) is 0 Å². The van der Waals surface area contributed by atoms with Gasteiger partial charge in [0.05, 0.1) is 43.7 Å². The van der Waals surface area contributed by atoms with Gasteiger partial charge in [0.25, 0.3) is 5.91 Å². The molecule has 1 fully saturated rings. The van der Waals surface area contributed by atoms with E-state index in [1.54, 1.807) is 48.0 Å². The third-order valence-corrected chi connectivity index (χ3v) is 10.7. The summed E-state index contributed by atoms with van der Waals surface area (Å²) in [7, 11) is 6.03. The van der Waals surface area contributed by atoms with Gasteiger partial charge in [-0.25, -0.2) is 4.79 Å². The second-order valence-electron chi connectivity index (χ2n) is 14.7. The number of hydrogen-bond donors (Lipinski definition) is 3. The zero-order chi connectivity index (χ0) is 40.1. The molecule has 1 aliphatic heterocycles. The first-order valence-electron chi connectivity index (χ1n) is 18.9. The van der Waals surface area contributed by atoms with E-state index in [2.05, 4.69) is 10.6 Å². The molecule has 2 aromatic carbocycles. The van der Waals surface area contributed by atoms with E-state index in [0.717, 1.165) is 12.0 Å². The molecule has 1 saturated heterocycles. The van der Waals surface area contributed by atoms with Crippen LogP contribution in [0, 0.1) is 17.8 Å². The Bertz CT molecular complexity index is 1540. The number of carbonyl (C=O) groups excluding carboxylic acids is 5. The monoisotopic (exact) mass is 751 g/mol. The number of hydrogen-bond acceptors (Lipinski definition) is 9. The first-order chi connectivity index (χ1) is 25.7. The summed E-state index contributed by atoms with van der Waals surface area (Å²) in [6.45, 7) is 9.98. The summed E-state index contributed by atoms with van der Waals surface area (Å²) in [4.78, 5) is 71.1. The predicted octanol–water partition coefficient (Wildman–Crippen LogP) is 3.84. The van der Waals surface area contributed by atoms with Gasteiger partial charge in [-0.3, -0.25) is 19.2 Å². The topological polar surface area (TPSA) is 170 Å². The average molecular weight is 752 g/mol. The number of likely N-dealkylation sites (N-methyl/N-ethyl adjacent to an activating group) is 1. The highest BCUT2D eigenvalue weighted by Gasteiger charge is 2.43. The molecule has 1 aliphatic rings. The highest BCUT2D eigenvalue weighted by molar-refractivity contribution is 5.98. The molecule has 4 N–H and O–H groups in total. The highest BCUT2D eigenvalue weighted by Crippen LogP contribution is 2.30. The summed E-state index contributed by atoms with van der Waals surface area (Å²) in [6, 6.07) is 13.2. The average Bonchev–Trinajstić information content (AvgIpc) is 3.65. The lowest BCUT2D eigenvalue weighted by atomic mass is 9.89. The maximum atomic E-state index is 14.2. The van der Waals surface area contributed by atoms with Crippen LogP contribution in [0.5, 0.6) is 0 Å². The molecule has 13 nitrogen and oxygen atoms in total. The number of esters is 1. The van der Waals surface area contributed by atoms with Crippen LogP contribution in [0.3, 0.4) is 0 Å². The fourth-order valence-electron chi connectivity index (χ4n) is 7.39. The van der Waals surface area contributed by atoms with Crippen LogP contribution in [0.15, 0.2) is 54.6 Å². The van der Waals surface area contributed by atoms with Crippen LogP contribution in [-0.2, 0) is 39.8 Å². The third-order valence-electron chi connectivity index (χ3n) is 10.7. The lowest BCUT2D eigenvalue weighted by Gasteiger charge is -2.40. The van der Waals surface area contributed by atoms with Gasteiger partial charge < -0.3 is 40.4 Å². The molecule has 1 heterocycles. The van der Waals surface area contributed by atoms with E-state index in [1.807, 2.05) is 58.0 Å². The number of nitrogens with two attached hydrogens (primary N) is 1. The number of nitrogen functional groups attached to an aromatic ring is 1. The zero-order valence-corrected chi connectivity index (χ0v) is 33.4. The molecular weight excluding hydrogens is 690 g/mol. The number of benzene rings is 2. The number of likely N-dealkylation sites (tertiary alicyclic amines) is 1. The van der Waals surface area contributed by atoms with E-state index in [4.69, 9.17) is 19.9 Å². The Morgan fingerprint density at radius 1 is 0.926 bits per heavy atom. The van der Waals surface area contributed by atoms with Crippen LogP contribution in [0.1, 0.15) is 76.2 Å². The molecule has 3 rings (SSSR count). The van der Waals surface area contributed by atoms with Crippen LogP contribution in [0.4, 0.5) is 5.69 Å². The minimum Gasteiger partial charge on any atom is -0.467 e. The molecule has 0 unspecified atom stereocenters. The van der Waals surface area contributed by atoms with E-state index in [9.17, 15) is 24.0 Å². The first-order valence-corrected chi connectivity index (χ1v) is 18.9. The van der Waals surface area contributed by atoms with Crippen LogP contribution in [0.2, 0.25) is 0 Å². The minimum absolute atomic E-state index is 0.0116. The van der Waals surface area contributed by atoms with Crippen LogP contribution < -0.4 is 16.4 Å². The number of rotatable bonds is 19. The van der Waals surface area contributed by atoms with Gasteiger partial charge in [0, 0.05) is 45.5 Å². The first kappa shape index (κ1) is 43.9. The zero-order valence-electron chi connectivity index (χ0n) is 33.4. The van der Waals surface area contributed by atoms with E-state index in [1.165, 1.54) is 21.3 Å². The molecule has 0 aromatic heterocycles. The van der Waals surface area contributed by atoms with Crippen molar-refractivity contribution in [3.05, 3.63) is 65.7 Å². The maximum Gasteiger partial charge on any atom is 0.328 e. The molecular formula is C41H61N5O8. The van der Waals surface area contributed by atoms with Crippen molar-refractivity contribution in [2.45, 2.75) is 103 Å². The standard InChI is InChI=1S/C41H61N5O8/c1-10-26(4)36(45(6)40(50)35(25(2)3)44-39(49)29-18-20-30(42)21-19-29)33(52-7)24-34(47)46-22-14-17-32(46)37(53-8)27(5)38(48)43-31(41(51)54-9)23-28-15-12-11-13-16-28/h11-13,15-16,18-21,25-27,31-33,35-37H,10,14,17,22-24,42H2,1-9H3,(H,43,48)(H,44,49)/t26-,27+,31+,32-,33+,35-,36-,37+/m0/s1. The van der Waals surface area contributed by atoms with Crippen LogP contribution in [-0.4, -0.2) is 111 Å². The van der Waals surface area contributed by atoms with E-state index in [0.29, 0.717) is 30.6 Å². The number of anilines is 1. The Balaban J connectivity index is 1.77. The molecule has 0 bridgehead atoms. The van der Waals surface area contributed by atoms with E-state index < -0.39 is 48.3 Å². The second kappa shape index (κ2) is 20.8. The van der Waals surface area contributed by atoms with Gasteiger partial charge in [0.1, 0.15) is 12.1 Å². The molecule has 13 heteroatoms. The summed E-state index contributed by atoms with van der Waals surface area (Å²) in [6.07, 6.45) is 0.989. The number of amides is 4. The Morgan fingerprint density at radius 3 is 2.13 bits per heavy atom. The number of nitrogens with one attached hydrogen (secondary N) is 2. The summed E-state index contributed by atoms with van der Waals surface area (Å²) in [5, 5.41) is 5.76. The molecule has 0 radical (unpaired) electrons. The van der Waals surface area contributed by atoms with Gasteiger partial charge in [0.2, 0.25) is 17.7 Å². The normalized spacial score (nSPS) is 18.1. The highest BCUT2D eigenvalue weighted by atomic mass is 16.5. The number of ether oxygens (including phenoxy) is 3. The smallest absolute Gasteiger partial charge is 0.328 e. The quantitative estimate of drug-likeness (QED) is 0.143. The Hall–Kier alpha value is -4.49. The number of carbonyl (C=O) groups is 5. The Morgan fingerprint density at radius 2 is 1.57 bits per heavy atom. The molecule has 54 heavy (non-hydrogen) atoms. The third kappa shape index (κ3) is 11.3.